The molecule has 0 unspecified atom stereocenters. The number of hydrogen-bond donors (Lipinski definition) is 0. The standard InChI is InChI=1S/C20H25N3O2/c1-16-10-11-19(22-21-16)25-18-12-14-23(15-13-18)20(24)9-5-8-17-6-3-2-4-7-17/h2-4,6-7,10-11,18H,5,8-9,12-15H2,1H3. The van der Waals surface area contributed by atoms with Crippen molar-refractivity contribution in [1.82, 2.24) is 15.1 Å². The van der Waals surface area contributed by atoms with Gasteiger partial charge in [0.2, 0.25) is 11.8 Å². The highest BCUT2D eigenvalue weighted by Gasteiger charge is 2.23. The minimum atomic E-state index is 0.116. The highest BCUT2D eigenvalue weighted by Crippen LogP contribution is 2.18. The van der Waals surface area contributed by atoms with Crippen LogP contribution in [0.2, 0.25) is 0 Å². The normalized spacial score (nSPS) is 15.2. The lowest BCUT2D eigenvalue weighted by Crippen LogP contribution is -2.41. The van der Waals surface area contributed by atoms with Crippen molar-refractivity contribution < 1.29 is 9.53 Å². The minimum absolute atomic E-state index is 0.116. The number of amides is 1. The van der Waals surface area contributed by atoms with Gasteiger partial charge in [-0.2, -0.15) is 5.10 Å². The van der Waals surface area contributed by atoms with Gasteiger partial charge in [0.05, 0.1) is 5.69 Å². The Bertz CT molecular complexity index is 665. The van der Waals surface area contributed by atoms with Gasteiger partial charge in [0, 0.05) is 38.4 Å². The summed E-state index contributed by atoms with van der Waals surface area (Å²) in [5.41, 5.74) is 2.17. The summed E-state index contributed by atoms with van der Waals surface area (Å²) in [5, 5.41) is 8.05. The lowest BCUT2D eigenvalue weighted by Gasteiger charge is -2.32. The van der Waals surface area contributed by atoms with Crippen LogP contribution in [0.25, 0.3) is 0 Å². The van der Waals surface area contributed by atoms with Crippen LogP contribution >= 0.6 is 0 Å². The van der Waals surface area contributed by atoms with E-state index in [1.165, 1.54) is 5.56 Å². The topological polar surface area (TPSA) is 55.3 Å². The summed E-state index contributed by atoms with van der Waals surface area (Å²) in [7, 11) is 0. The Morgan fingerprint density at radius 2 is 1.88 bits per heavy atom. The monoisotopic (exact) mass is 339 g/mol. The molecule has 5 nitrogen and oxygen atoms in total. The molecule has 1 fully saturated rings. The second kappa shape index (κ2) is 8.60. The molecule has 132 valence electrons. The van der Waals surface area contributed by atoms with Crippen molar-refractivity contribution in [3.05, 3.63) is 53.7 Å². The molecular formula is C20H25N3O2. The summed E-state index contributed by atoms with van der Waals surface area (Å²) in [6, 6.07) is 14.1. The van der Waals surface area contributed by atoms with E-state index < -0.39 is 0 Å². The van der Waals surface area contributed by atoms with Crippen LogP contribution in [0, 0.1) is 6.92 Å². The zero-order chi connectivity index (χ0) is 17.5. The first-order valence-electron chi connectivity index (χ1n) is 8.99. The van der Waals surface area contributed by atoms with Gasteiger partial charge in [0.25, 0.3) is 0 Å². The zero-order valence-electron chi connectivity index (χ0n) is 14.7. The number of carbonyl (C=O) groups is 1. The van der Waals surface area contributed by atoms with Crippen molar-refractivity contribution in [2.45, 2.75) is 45.1 Å². The van der Waals surface area contributed by atoms with E-state index in [1.807, 2.05) is 42.2 Å². The first kappa shape index (κ1) is 17.4. The fourth-order valence-electron chi connectivity index (χ4n) is 3.09. The molecule has 1 amide bonds. The van der Waals surface area contributed by atoms with Crippen molar-refractivity contribution in [2.24, 2.45) is 0 Å². The Hall–Kier alpha value is -2.43. The molecule has 0 radical (unpaired) electrons. The Morgan fingerprint density at radius 1 is 1.12 bits per heavy atom. The van der Waals surface area contributed by atoms with Crippen molar-refractivity contribution in [1.29, 1.82) is 0 Å². The smallest absolute Gasteiger partial charge is 0.233 e. The fraction of sp³-hybridized carbons (Fsp3) is 0.450. The Labute approximate surface area is 149 Å². The number of aryl methyl sites for hydroxylation is 2. The van der Waals surface area contributed by atoms with E-state index >= 15 is 0 Å². The highest BCUT2D eigenvalue weighted by atomic mass is 16.5. The third kappa shape index (κ3) is 5.28. The van der Waals surface area contributed by atoms with Gasteiger partial charge in [-0.1, -0.05) is 30.3 Å². The van der Waals surface area contributed by atoms with E-state index in [2.05, 4.69) is 22.3 Å². The van der Waals surface area contributed by atoms with Crippen molar-refractivity contribution in [3.63, 3.8) is 0 Å². The molecule has 3 rings (SSSR count). The lowest BCUT2D eigenvalue weighted by atomic mass is 10.1. The van der Waals surface area contributed by atoms with E-state index in [0.717, 1.165) is 44.5 Å². The van der Waals surface area contributed by atoms with E-state index in [-0.39, 0.29) is 12.0 Å². The molecule has 25 heavy (non-hydrogen) atoms. The quantitative estimate of drug-likeness (QED) is 0.811. The van der Waals surface area contributed by atoms with Crippen LogP contribution in [-0.2, 0) is 11.2 Å². The molecule has 1 aromatic carbocycles. The number of nitrogens with zero attached hydrogens (tertiary/aromatic N) is 3. The van der Waals surface area contributed by atoms with Crippen LogP contribution in [0.15, 0.2) is 42.5 Å². The van der Waals surface area contributed by atoms with Crippen LogP contribution in [0.1, 0.15) is 36.9 Å². The number of ether oxygens (including phenoxy) is 1. The average Bonchev–Trinajstić information content (AvgIpc) is 2.65. The van der Waals surface area contributed by atoms with Gasteiger partial charge in [-0.3, -0.25) is 4.79 Å². The van der Waals surface area contributed by atoms with Gasteiger partial charge in [-0.15, -0.1) is 5.10 Å². The van der Waals surface area contributed by atoms with Gasteiger partial charge in [0.1, 0.15) is 6.10 Å². The predicted octanol–water partition coefficient (Wildman–Crippen LogP) is 3.18. The third-order valence-corrected chi connectivity index (χ3v) is 4.55. The maximum absolute atomic E-state index is 12.4. The average molecular weight is 339 g/mol. The summed E-state index contributed by atoms with van der Waals surface area (Å²) >= 11 is 0. The molecule has 2 aromatic rings. The lowest BCUT2D eigenvalue weighted by molar-refractivity contribution is -0.133. The van der Waals surface area contributed by atoms with Crippen molar-refractivity contribution in [2.75, 3.05) is 13.1 Å². The van der Waals surface area contributed by atoms with E-state index in [0.29, 0.717) is 12.3 Å². The number of benzene rings is 1. The number of likely N-dealkylation sites (tertiary alicyclic amines) is 1. The second-order valence-corrected chi connectivity index (χ2v) is 6.55. The van der Waals surface area contributed by atoms with Gasteiger partial charge in [-0.05, 0) is 31.4 Å². The maximum atomic E-state index is 12.4. The molecule has 0 saturated carbocycles. The zero-order valence-corrected chi connectivity index (χ0v) is 14.7. The number of rotatable bonds is 6. The Balaban J connectivity index is 1.38. The Morgan fingerprint density at radius 3 is 2.56 bits per heavy atom. The number of carbonyl (C=O) groups excluding carboxylic acids is 1. The Kier molecular flexibility index (Phi) is 5.99. The van der Waals surface area contributed by atoms with Crippen molar-refractivity contribution in [3.8, 4) is 5.88 Å². The van der Waals surface area contributed by atoms with Gasteiger partial charge in [0.15, 0.2) is 0 Å². The third-order valence-electron chi connectivity index (χ3n) is 4.55. The molecule has 1 aliphatic rings. The first-order valence-corrected chi connectivity index (χ1v) is 8.99. The molecule has 1 aliphatic heterocycles. The predicted molar refractivity (Wildman–Crippen MR) is 96.4 cm³/mol. The van der Waals surface area contributed by atoms with Crippen LogP contribution in [0.3, 0.4) is 0 Å². The molecule has 0 bridgehead atoms. The number of hydrogen-bond acceptors (Lipinski definition) is 4. The molecule has 1 saturated heterocycles. The van der Waals surface area contributed by atoms with Gasteiger partial charge < -0.3 is 9.64 Å². The molecule has 0 atom stereocenters. The first-order chi connectivity index (χ1) is 12.2. The highest BCUT2D eigenvalue weighted by molar-refractivity contribution is 5.76. The number of aromatic nitrogens is 2. The largest absolute Gasteiger partial charge is 0.473 e. The van der Waals surface area contributed by atoms with Crippen LogP contribution in [-0.4, -0.2) is 40.2 Å². The van der Waals surface area contributed by atoms with Crippen molar-refractivity contribution >= 4 is 5.91 Å². The SMILES string of the molecule is Cc1ccc(OC2CCN(C(=O)CCCc3ccccc3)CC2)nn1. The molecule has 0 aliphatic carbocycles. The van der Waals surface area contributed by atoms with Crippen LogP contribution < -0.4 is 4.74 Å². The van der Waals surface area contributed by atoms with E-state index in [9.17, 15) is 4.79 Å². The van der Waals surface area contributed by atoms with Crippen LogP contribution in [0.4, 0.5) is 0 Å². The molecule has 0 spiro atoms. The van der Waals surface area contributed by atoms with E-state index in [4.69, 9.17) is 4.74 Å². The summed E-state index contributed by atoms with van der Waals surface area (Å²) < 4.78 is 5.87. The fourth-order valence-corrected chi connectivity index (χ4v) is 3.09. The minimum Gasteiger partial charge on any atom is -0.473 e. The van der Waals surface area contributed by atoms with Gasteiger partial charge >= 0.3 is 0 Å². The summed E-state index contributed by atoms with van der Waals surface area (Å²) in [6.07, 6.45) is 4.28. The van der Waals surface area contributed by atoms with E-state index in [1.54, 1.807) is 0 Å². The molecule has 5 heteroatoms. The summed E-state index contributed by atoms with van der Waals surface area (Å²) in [5.74, 6) is 0.822. The second-order valence-electron chi connectivity index (χ2n) is 6.55. The number of piperidine rings is 1. The van der Waals surface area contributed by atoms with Crippen LogP contribution in [0.5, 0.6) is 5.88 Å². The summed E-state index contributed by atoms with van der Waals surface area (Å²) in [6.45, 7) is 3.42. The molecule has 0 N–H and O–H groups in total. The maximum Gasteiger partial charge on any atom is 0.233 e. The molecular weight excluding hydrogens is 314 g/mol. The molecule has 2 heterocycles. The summed E-state index contributed by atoms with van der Waals surface area (Å²) in [4.78, 5) is 14.3. The molecule has 1 aromatic heterocycles. The van der Waals surface area contributed by atoms with Gasteiger partial charge in [-0.25, -0.2) is 0 Å².